The minimum atomic E-state index is 0.205. The van der Waals surface area contributed by atoms with Gasteiger partial charge in [-0.2, -0.15) is 0 Å². The normalized spacial score (nSPS) is 15.7. The van der Waals surface area contributed by atoms with Gasteiger partial charge in [0.2, 0.25) is 0 Å². The Morgan fingerprint density at radius 2 is 1.81 bits per heavy atom. The number of hydrogen-bond acceptors (Lipinski definition) is 4. The van der Waals surface area contributed by atoms with Crippen LogP contribution in [0.15, 0.2) is 42.5 Å². The number of benzene rings is 2. The van der Waals surface area contributed by atoms with Crippen LogP contribution in [0, 0.1) is 0 Å². The van der Waals surface area contributed by atoms with Crippen molar-refractivity contribution in [1.82, 2.24) is 5.32 Å². The first-order chi connectivity index (χ1) is 10.3. The molecule has 2 aromatic rings. The summed E-state index contributed by atoms with van der Waals surface area (Å²) in [6.45, 7) is 3.76. The Morgan fingerprint density at radius 3 is 2.67 bits per heavy atom. The van der Waals surface area contributed by atoms with Crippen molar-refractivity contribution < 1.29 is 10.2 Å². The van der Waals surface area contributed by atoms with Crippen molar-refractivity contribution in [3.8, 4) is 22.6 Å². The zero-order valence-corrected chi connectivity index (χ0v) is 11.9. The lowest BCUT2D eigenvalue weighted by molar-refractivity contribution is 0.473. The van der Waals surface area contributed by atoms with E-state index in [0.717, 1.165) is 49.4 Å². The highest BCUT2D eigenvalue weighted by molar-refractivity contribution is 5.78. The van der Waals surface area contributed by atoms with Crippen LogP contribution >= 0.6 is 0 Å². The van der Waals surface area contributed by atoms with E-state index in [1.54, 1.807) is 18.2 Å². The molecule has 0 bridgehead atoms. The van der Waals surface area contributed by atoms with E-state index in [4.69, 9.17) is 0 Å². The van der Waals surface area contributed by atoms with E-state index in [1.807, 2.05) is 24.3 Å². The molecule has 3 rings (SSSR count). The van der Waals surface area contributed by atoms with Crippen molar-refractivity contribution in [2.75, 3.05) is 31.1 Å². The second-order valence-electron chi connectivity index (χ2n) is 5.31. The molecule has 0 unspecified atom stereocenters. The van der Waals surface area contributed by atoms with Crippen molar-refractivity contribution in [3.63, 3.8) is 0 Å². The summed E-state index contributed by atoms with van der Waals surface area (Å²) in [6, 6.07) is 12.8. The van der Waals surface area contributed by atoms with E-state index in [0.29, 0.717) is 0 Å². The molecule has 110 valence electrons. The van der Waals surface area contributed by atoms with E-state index in [2.05, 4.69) is 10.2 Å². The van der Waals surface area contributed by atoms with Crippen molar-refractivity contribution in [2.24, 2.45) is 0 Å². The van der Waals surface area contributed by atoms with Crippen LogP contribution in [0.5, 0.6) is 11.5 Å². The van der Waals surface area contributed by atoms with Gasteiger partial charge in [-0.25, -0.2) is 0 Å². The Labute approximate surface area is 124 Å². The summed E-state index contributed by atoms with van der Waals surface area (Å²) >= 11 is 0. The van der Waals surface area contributed by atoms with Crippen molar-refractivity contribution in [1.29, 1.82) is 0 Å². The average Bonchev–Trinajstić information content (AvgIpc) is 2.76. The Hall–Kier alpha value is -2.20. The third kappa shape index (κ3) is 2.95. The molecule has 0 amide bonds. The first kappa shape index (κ1) is 13.8. The largest absolute Gasteiger partial charge is 0.508 e. The maximum atomic E-state index is 10.6. The molecular formula is C17H20N2O2. The van der Waals surface area contributed by atoms with Gasteiger partial charge in [-0.1, -0.05) is 24.3 Å². The molecule has 4 nitrogen and oxygen atoms in total. The molecule has 0 aromatic heterocycles. The zero-order valence-electron chi connectivity index (χ0n) is 11.9. The van der Waals surface area contributed by atoms with E-state index >= 15 is 0 Å². The molecule has 0 aliphatic carbocycles. The zero-order chi connectivity index (χ0) is 14.7. The third-order valence-corrected chi connectivity index (χ3v) is 3.85. The number of anilines is 1. The van der Waals surface area contributed by atoms with Gasteiger partial charge >= 0.3 is 0 Å². The van der Waals surface area contributed by atoms with Gasteiger partial charge in [-0.15, -0.1) is 0 Å². The van der Waals surface area contributed by atoms with Gasteiger partial charge in [0.25, 0.3) is 0 Å². The summed E-state index contributed by atoms with van der Waals surface area (Å²) in [4.78, 5) is 2.21. The smallest absolute Gasteiger partial charge is 0.146 e. The maximum absolute atomic E-state index is 10.6. The van der Waals surface area contributed by atoms with Gasteiger partial charge in [-0.05, 0) is 36.7 Å². The average molecular weight is 284 g/mol. The van der Waals surface area contributed by atoms with Crippen LogP contribution in [0.3, 0.4) is 0 Å². The predicted octanol–water partition coefficient (Wildman–Crippen LogP) is 2.56. The lowest BCUT2D eigenvalue weighted by atomic mass is 10.0. The van der Waals surface area contributed by atoms with Gasteiger partial charge in [0, 0.05) is 25.2 Å². The summed E-state index contributed by atoms with van der Waals surface area (Å²) in [5, 5.41) is 23.6. The van der Waals surface area contributed by atoms with Crippen molar-refractivity contribution in [2.45, 2.75) is 6.42 Å². The maximum Gasteiger partial charge on any atom is 0.146 e. The van der Waals surface area contributed by atoms with Crippen LogP contribution < -0.4 is 10.2 Å². The molecule has 1 fully saturated rings. The molecule has 1 heterocycles. The second-order valence-corrected chi connectivity index (χ2v) is 5.31. The van der Waals surface area contributed by atoms with Crippen molar-refractivity contribution >= 4 is 5.69 Å². The van der Waals surface area contributed by atoms with Crippen molar-refractivity contribution in [3.05, 3.63) is 42.5 Å². The fourth-order valence-corrected chi connectivity index (χ4v) is 2.78. The van der Waals surface area contributed by atoms with E-state index in [9.17, 15) is 10.2 Å². The summed E-state index contributed by atoms with van der Waals surface area (Å²) in [7, 11) is 0. The Morgan fingerprint density at radius 1 is 0.952 bits per heavy atom. The van der Waals surface area contributed by atoms with Crippen LogP contribution in [0.2, 0.25) is 0 Å². The lowest BCUT2D eigenvalue weighted by Gasteiger charge is -2.24. The number of hydrogen-bond donors (Lipinski definition) is 3. The second kappa shape index (κ2) is 6.06. The lowest BCUT2D eigenvalue weighted by Crippen LogP contribution is -2.27. The van der Waals surface area contributed by atoms with Crippen LogP contribution in [0.25, 0.3) is 11.1 Å². The Balaban J connectivity index is 1.98. The summed E-state index contributed by atoms with van der Waals surface area (Å²) in [5.41, 5.74) is 2.43. The first-order valence-corrected chi connectivity index (χ1v) is 7.33. The van der Waals surface area contributed by atoms with Crippen LogP contribution in [0.4, 0.5) is 5.69 Å². The Kier molecular flexibility index (Phi) is 3.97. The number of nitrogens with one attached hydrogen (secondary N) is 1. The van der Waals surface area contributed by atoms with E-state index in [1.165, 1.54) is 0 Å². The molecule has 4 heteroatoms. The van der Waals surface area contributed by atoms with Crippen LogP contribution in [0.1, 0.15) is 6.42 Å². The van der Waals surface area contributed by atoms with E-state index in [-0.39, 0.29) is 11.5 Å². The molecule has 1 aliphatic rings. The molecule has 0 spiro atoms. The highest BCUT2D eigenvalue weighted by Crippen LogP contribution is 2.38. The molecule has 0 atom stereocenters. The summed E-state index contributed by atoms with van der Waals surface area (Å²) in [6.07, 6.45) is 1.07. The highest BCUT2D eigenvalue weighted by Gasteiger charge is 2.16. The van der Waals surface area contributed by atoms with Gasteiger partial charge in [0.15, 0.2) is 0 Å². The molecule has 2 aromatic carbocycles. The number of para-hydroxylation sites is 1. The minimum Gasteiger partial charge on any atom is -0.508 e. The van der Waals surface area contributed by atoms with Gasteiger partial charge in [-0.3, -0.25) is 0 Å². The van der Waals surface area contributed by atoms with Gasteiger partial charge in [0.05, 0.1) is 5.69 Å². The SMILES string of the molecule is Oc1cccc(-c2cccc(N3CCCNCC3)c2O)c1. The minimum absolute atomic E-state index is 0.205. The highest BCUT2D eigenvalue weighted by atomic mass is 16.3. The van der Waals surface area contributed by atoms with E-state index < -0.39 is 0 Å². The predicted molar refractivity (Wildman–Crippen MR) is 84.9 cm³/mol. The summed E-state index contributed by atoms with van der Waals surface area (Å²) < 4.78 is 0. The monoisotopic (exact) mass is 284 g/mol. The number of aromatic hydroxyl groups is 2. The molecule has 1 saturated heterocycles. The molecule has 0 saturated carbocycles. The number of phenolic OH excluding ortho intramolecular Hbond substituents is 2. The molecule has 21 heavy (non-hydrogen) atoms. The number of phenols is 2. The number of nitrogens with zero attached hydrogens (tertiary/aromatic N) is 1. The third-order valence-electron chi connectivity index (χ3n) is 3.85. The van der Waals surface area contributed by atoms with Gasteiger partial charge in [0.1, 0.15) is 11.5 Å². The quantitative estimate of drug-likeness (QED) is 0.793. The van der Waals surface area contributed by atoms with Crippen LogP contribution in [-0.4, -0.2) is 36.4 Å². The van der Waals surface area contributed by atoms with Gasteiger partial charge < -0.3 is 20.4 Å². The fourth-order valence-electron chi connectivity index (χ4n) is 2.78. The molecular weight excluding hydrogens is 264 g/mol. The molecule has 3 N–H and O–H groups in total. The molecule has 0 radical (unpaired) electrons. The van der Waals surface area contributed by atoms with Crippen LogP contribution in [-0.2, 0) is 0 Å². The molecule has 1 aliphatic heterocycles. The topological polar surface area (TPSA) is 55.7 Å². The standard InChI is InChI=1S/C17H20N2O2/c20-14-5-1-4-13(12-14)15-6-2-7-16(17(15)21)19-10-3-8-18-9-11-19/h1-2,4-7,12,18,20-21H,3,8-11H2. The number of rotatable bonds is 2. The summed E-state index contributed by atoms with van der Waals surface area (Å²) in [5.74, 6) is 0.487. The Bertz CT molecular complexity index is 620. The fraction of sp³-hybridized carbons (Fsp3) is 0.294. The first-order valence-electron chi connectivity index (χ1n) is 7.33.